The molecule has 0 spiro atoms. The van der Waals surface area contributed by atoms with E-state index in [1.165, 1.54) is 18.2 Å². The lowest BCUT2D eigenvalue weighted by Crippen LogP contribution is -2.38. The molecule has 1 fully saturated rings. The van der Waals surface area contributed by atoms with Gasteiger partial charge in [-0.2, -0.15) is 0 Å². The van der Waals surface area contributed by atoms with Crippen LogP contribution in [-0.4, -0.2) is 60.1 Å². The number of nitrogens with zero attached hydrogens (tertiary/aromatic N) is 2. The Kier molecular flexibility index (Phi) is 4.52. The van der Waals surface area contributed by atoms with Crippen molar-refractivity contribution in [1.29, 1.82) is 0 Å². The summed E-state index contributed by atoms with van der Waals surface area (Å²) in [6.07, 6.45) is 2.27. The fourth-order valence-corrected chi connectivity index (χ4v) is 2.33. The summed E-state index contributed by atoms with van der Waals surface area (Å²) >= 11 is 0. The predicted molar refractivity (Wildman–Crippen MR) is 75.5 cm³/mol. The van der Waals surface area contributed by atoms with Gasteiger partial charge in [-0.15, -0.1) is 0 Å². The van der Waals surface area contributed by atoms with Crippen LogP contribution in [0.3, 0.4) is 0 Å². The third kappa shape index (κ3) is 3.23. The standard InChI is InChI=1S/C15H19FN2O2/c1-17(2)13-9-18(10-14(13)19)15(20)8-7-11-5-3-4-6-12(11)16/h3-8,13-14,19H,9-10H2,1-2H3/b8-7+/t13-,14-/m1/s1. The van der Waals surface area contributed by atoms with Crippen LogP contribution >= 0.6 is 0 Å². The normalized spacial score (nSPS) is 22.9. The molecule has 1 heterocycles. The van der Waals surface area contributed by atoms with Crippen molar-refractivity contribution in [1.82, 2.24) is 9.80 Å². The summed E-state index contributed by atoms with van der Waals surface area (Å²) in [5, 5.41) is 9.89. The summed E-state index contributed by atoms with van der Waals surface area (Å²) in [7, 11) is 3.74. The predicted octanol–water partition coefficient (Wildman–Crippen LogP) is 0.972. The number of β-amino-alcohol motifs (C(OH)–C–C–N with tert-alkyl or cyclic N) is 1. The monoisotopic (exact) mass is 278 g/mol. The topological polar surface area (TPSA) is 43.8 Å². The maximum Gasteiger partial charge on any atom is 0.246 e. The Morgan fingerprint density at radius 2 is 2.10 bits per heavy atom. The Labute approximate surface area is 118 Å². The fraction of sp³-hybridized carbons (Fsp3) is 0.400. The average molecular weight is 278 g/mol. The van der Waals surface area contributed by atoms with Gasteiger partial charge in [0, 0.05) is 24.7 Å². The molecule has 5 heteroatoms. The van der Waals surface area contributed by atoms with Crippen molar-refractivity contribution in [2.75, 3.05) is 27.2 Å². The van der Waals surface area contributed by atoms with Crippen molar-refractivity contribution in [2.45, 2.75) is 12.1 Å². The highest BCUT2D eigenvalue weighted by Gasteiger charge is 2.34. The van der Waals surface area contributed by atoms with Crippen molar-refractivity contribution in [3.8, 4) is 0 Å². The van der Waals surface area contributed by atoms with Crippen molar-refractivity contribution in [3.05, 3.63) is 41.7 Å². The molecule has 0 aromatic heterocycles. The van der Waals surface area contributed by atoms with E-state index >= 15 is 0 Å². The maximum atomic E-state index is 13.4. The van der Waals surface area contributed by atoms with Gasteiger partial charge in [-0.05, 0) is 26.2 Å². The number of hydrogen-bond acceptors (Lipinski definition) is 3. The highest BCUT2D eigenvalue weighted by atomic mass is 19.1. The molecule has 0 saturated carbocycles. The molecular weight excluding hydrogens is 259 g/mol. The van der Waals surface area contributed by atoms with Crippen molar-refractivity contribution < 1.29 is 14.3 Å². The van der Waals surface area contributed by atoms with E-state index in [1.54, 1.807) is 23.1 Å². The Morgan fingerprint density at radius 3 is 2.70 bits per heavy atom. The summed E-state index contributed by atoms with van der Waals surface area (Å²) in [4.78, 5) is 15.5. The number of amides is 1. The van der Waals surface area contributed by atoms with Crippen LogP contribution in [0.5, 0.6) is 0 Å². The first-order valence-electron chi connectivity index (χ1n) is 6.55. The van der Waals surface area contributed by atoms with Crippen LogP contribution < -0.4 is 0 Å². The number of aliphatic hydroxyl groups excluding tert-OH is 1. The summed E-state index contributed by atoms with van der Waals surface area (Å²) in [5.41, 5.74) is 0.379. The van der Waals surface area contributed by atoms with E-state index in [1.807, 2.05) is 19.0 Å². The summed E-state index contributed by atoms with van der Waals surface area (Å²) in [5.74, 6) is -0.569. The highest BCUT2D eigenvalue weighted by molar-refractivity contribution is 5.92. The van der Waals surface area contributed by atoms with Crippen LogP contribution in [0.2, 0.25) is 0 Å². The molecule has 1 aromatic rings. The SMILES string of the molecule is CN(C)[C@@H]1CN(C(=O)/C=C/c2ccccc2F)C[C@H]1O. The van der Waals surface area contributed by atoms with Gasteiger partial charge in [-0.1, -0.05) is 18.2 Å². The van der Waals surface area contributed by atoms with Crippen LogP contribution in [-0.2, 0) is 4.79 Å². The molecule has 20 heavy (non-hydrogen) atoms. The minimum atomic E-state index is -0.546. The Morgan fingerprint density at radius 1 is 1.40 bits per heavy atom. The quantitative estimate of drug-likeness (QED) is 0.838. The molecule has 1 saturated heterocycles. The number of benzene rings is 1. The molecular formula is C15H19FN2O2. The van der Waals surface area contributed by atoms with Gasteiger partial charge in [-0.25, -0.2) is 4.39 Å². The van der Waals surface area contributed by atoms with E-state index in [9.17, 15) is 14.3 Å². The van der Waals surface area contributed by atoms with E-state index < -0.39 is 6.10 Å². The van der Waals surface area contributed by atoms with E-state index in [-0.39, 0.29) is 17.8 Å². The van der Waals surface area contributed by atoms with E-state index in [0.29, 0.717) is 18.7 Å². The van der Waals surface area contributed by atoms with Gasteiger partial charge < -0.3 is 14.9 Å². The van der Waals surface area contributed by atoms with Gasteiger partial charge in [0.1, 0.15) is 5.82 Å². The zero-order valence-electron chi connectivity index (χ0n) is 11.7. The second-order valence-electron chi connectivity index (χ2n) is 5.20. The summed E-state index contributed by atoms with van der Waals surface area (Å²) in [6.45, 7) is 0.790. The van der Waals surface area contributed by atoms with Crippen LogP contribution in [0, 0.1) is 5.82 Å². The third-order valence-electron chi connectivity index (χ3n) is 3.54. The van der Waals surface area contributed by atoms with Gasteiger partial charge in [0.25, 0.3) is 0 Å². The number of hydrogen-bond donors (Lipinski definition) is 1. The zero-order valence-corrected chi connectivity index (χ0v) is 11.7. The number of likely N-dealkylation sites (N-methyl/N-ethyl adjacent to an activating group) is 1. The molecule has 4 nitrogen and oxygen atoms in total. The lowest BCUT2D eigenvalue weighted by Gasteiger charge is -2.21. The molecule has 2 rings (SSSR count). The number of aliphatic hydroxyl groups is 1. The summed E-state index contributed by atoms with van der Waals surface area (Å²) in [6, 6.07) is 6.23. The molecule has 1 aliphatic heterocycles. The third-order valence-corrected chi connectivity index (χ3v) is 3.54. The molecule has 2 atom stereocenters. The molecule has 0 radical (unpaired) electrons. The number of rotatable bonds is 3. The number of carbonyl (C=O) groups excluding carboxylic acids is 1. The maximum absolute atomic E-state index is 13.4. The first-order valence-corrected chi connectivity index (χ1v) is 6.55. The van der Waals surface area contributed by atoms with Gasteiger partial charge in [0.15, 0.2) is 0 Å². The molecule has 1 aliphatic rings. The molecule has 108 valence electrons. The lowest BCUT2D eigenvalue weighted by molar-refractivity contribution is -0.125. The smallest absolute Gasteiger partial charge is 0.246 e. The van der Waals surface area contributed by atoms with Gasteiger partial charge >= 0.3 is 0 Å². The Bertz CT molecular complexity index is 516. The Hall–Kier alpha value is -1.72. The van der Waals surface area contributed by atoms with Gasteiger partial charge in [0.2, 0.25) is 5.91 Å². The van der Waals surface area contributed by atoms with Crippen molar-refractivity contribution in [3.63, 3.8) is 0 Å². The molecule has 0 unspecified atom stereocenters. The van der Waals surface area contributed by atoms with E-state index in [0.717, 1.165) is 0 Å². The minimum absolute atomic E-state index is 0.0548. The van der Waals surface area contributed by atoms with Crippen LogP contribution in [0.1, 0.15) is 5.56 Å². The first kappa shape index (κ1) is 14.7. The van der Waals surface area contributed by atoms with Crippen LogP contribution in [0.15, 0.2) is 30.3 Å². The molecule has 1 aromatic carbocycles. The zero-order chi connectivity index (χ0) is 14.7. The van der Waals surface area contributed by atoms with E-state index in [4.69, 9.17) is 0 Å². The van der Waals surface area contributed by atoms with Crippen LogP contribution in [0.25, 0.3) is 6.08 Å². The minimum Gasteiger partial charge on any atom is -0.390 e. The van der Waals surface area contributed by atoms with Crippen molar-refractivity contribution in [2.24, 2.45) is 0 Å². The molecule has 0 bridgehead atoms. The molecule has 1 amide bonds. The first-order chi connectivity index (χ1) is 9.49. The summed E-state index contributed by atoms with van der Waals surface area (Å²) < 4.78 is 13.4. The van der Waals surface area contributed by atoms with Crippen molar-refractivity contribution >= 4 is 12.0 Å². The average Bonchev–Trinajstić information content (AvgIpc) is 2.80. The lowest BCUT2D eigenvalue weighted by atomic mass is 10.2. The van der Waals surface area contributed by atoms with Gasteiger partial charge in [-0.3, -0.25) is 4.79 Å². The molecule has 0 aliphatic carbocycles. The second kappa shape index (κ2) is 6.15. The number of carbonyl (C=O) groups is 1. The van der Waals surface area contributed by atoms with Crippen LogP contribution in [0.4, 0.5) is 4.39 Å². The second-order valence-corrected chi connectivity index (χ2v) is 5.20. The number of halogens is 1. The van der Waals surface area contributed by atoms with Gasteiger partial charge in [0.05, 0.1) is 12.1 Å². The largest absolute Gasteiger partial charge is 0.390 e. The van der Waals surface area contributed by atoms with E-state index in [2.05, 4.69) is 0 Å². The molecule has 1 N–H and O–H groups in total. The number of likely N-dealkylation sites (tertiary alicyclic amines) is 1. The highest BCUT2D eigenvalue weighted by Crippen LogP contribution is 2.15. The fourth-order valence-electron chi connectivity index (χ4n) is 2.33. The Balaban J connectivity index is 2.01.